The predicted molar refractivity (Wildman–Crippen MR) is 95.8 cm³/mol. The molecule has 0 saturated heterocycles. The molecule has 0 aliphatic carbocycles. The number of nitrogens with one attached hydrogen (secondary N) is 1. The third kappa shape index (κ3) is 4.22. The van der Waals surface area contributed by atoms with Crippen LogP contribution >= 0.6 is 0 Å². The summed E-state index contributed by atoms with van der Waals surface area (Å²) in [7, 11) is 0. The first-order valence-corrected chi connectivity index (χ1v) is 7.94. The van der Waals surface area contributed by atoms with Crippen LogP contribution in [-0.4, -0.2) is 17.8 Å². The number of carbonyl (C=O) groups is 2. The van der Waals surface area contributed by atoms with E-state index in [9.17, 15) is 9.59 Å². The zero-order chi connectivity index (χ0) is 17.9. The highest BCUT2D eigenvalue weighted by atomic mass is 16.5. The van der Waals surface area contributed by atoms with Crippen LogP contribution in [0.3, 0.4) is 0 Å². The summed E-state index contributed by atoms with van der Waals surface area (Å²) in [5, 5.41) is 2.93. The van der Waals surface area contributed by atoms with E-state index in [1.807, 2.05) is 32.9 Å². The Labute approximate surface area is 142 Å². The van der Waals surface area contributed by atoms with Crippen molar-refractivity contribution in [1.29, 1.82) is 0 Å². The molecule has 2 aromatic rings. The predicted octanol–water partition coefficient (Wildman–Crippen LogP) is 4.22. The third-order valence-electron chi connectivity index (χ3n) is 3.85. The topological polar surface area (TPSA) is 55.4 Å². The lowest BCUT2D eigenvalue weighted by molar-refractivity contribution is -0.122. The minimum absolute atomic E-state index is 0.0385. The molecule has 4 nitrogen and oxygen atoms in total. The molecule has 0 spiro atoms. The van der Waals surface area contributed by atoms with E-state index >= 15 is 0 Å². The molecule has 0 aliphatic rings. The van der Waals surface area contributed by atoms with E-state index in [-0.39, 0.29) is 11.7 Å². The quantitative estimate of drug-likeness (QED) is 0.837. The van der Waals surface area contributed by atoms with E-state index in [0.717, 1.165) is 22.4 Å². The summed E-state index contributed by atoms with van der Waals surface area (Å²) in [6.45, 7) is 9.15. The van der Waals surface area contributed by atoms with Crippen molar-refractivity contribution in [1.82, 2.24) is 0 Å². The second-order valence-corrected chi connectivity index (χ2v) is 6.11. The Hall–Kier alpha value is -2.62. The lowest BCUT2D eigenvalue weighted by Gasteiger charge is -2.18. The van der Waals surface area contributed by atoms with Crippen LogP contribution in [0.2, 0.25) is 0 Å². The summed E-state index contributed by atoms with van der Waals surface area (Å²) in [6.07, 6.45) is -0.674. The van der Waals surface area contributed by atoms with E-state index in [4.69, 9.17) is 4.74 Å². The first-order chi connectivity index (χ1) is 11.3. The maximum absolute atomic E-state index is 12.4. The number of hydrogen-bond acceptors (Lipinski definition) is 3. The third-order valence-corrected chi connectivity index (χ3v) is 3.85. The van der Waals surface area contributed by atoms with Crippen molar-refractivity contribution in [3.8, 4) is 5.75 Å². The number of carbonyl (C=O) groups excluding carboxylic acids is 2. The van der Waals surface area contributed by atoms with Gasteiger partial charge < -0.3 is 10.1 Å². The molecule has 126 valence electrons. The van der Waals surface area contributed by atoms with Gasteiger partial charge in [0.2, 0.25) is 0 Å². The number of ketones is 1. The summed E-state index contributed by atoms with van der Waals surface area (Å²) in [4.78, 5) is 23.8. The molecule has 1 unspecified atom stereocenters. The van der Waals surface area contributed by atoms with Gasteiger partial charge in [-0.2, -0.15) is 0 Å². The van der Waals surface area contributed by atoms with Crippen molar-refractivity contribution in [2.24, 2.45) is 0 Å². The number of benzene rings is 2. The largest absolute Gasteiger partial charge is 0.481 e. The molecule has 2 rings (SSSR count). The van der Waals surface area contributed by atoms with Crippen LogP contribution < -0.4 is 10.1 Å². The van der Waals surface area contributed by atoms with Crippen LogP contribution in [0.4, 0.5) is 5.69 Å². The smallest absolute Gasteiger partial charge is 0.265 e. The molecular weight excluding hydrogens is 302 g/mol. The lowest BCUT2D eigenvalue weighted by atomic mass is 10.0. The van der Waals surface area contributed by atoms with Crippen LogP contribution in [0.15, 0.2) is 36.4 Å². The molecule has 0 radical (unpaired) electrons. The van der Waals surface area contributed by atoms with Gasteiger partial charge in [-0.05, 0) is 57.9 Å². The van der Waals surface area contributed by atoms with Crippen molar-refractivity contribution in [2.75, 3.05) is 5.32 Å². The highest BCUT2D eigenvalue weighted by Crippen LogP contribution is 2.23. The molecule has 24 heavy (non-hydrogen) atoms. The van der Waals surface area contributed by atoms with Gasteiger partial charge in [0.1, 0.15) is 5.75 Å². The van der Waals surface area contributed by atoms with Gasteiger partial charge in [0.05, 0.1) is 0 Å². The second-order valence-electron chi connectivity index (χ2n) is 6.11. The van der Waals surface area contributed by atoms with Crippen LogP contribution in [0.1, 0.15) is 40.9 Å². The first kappa shape index (κ1) is 17.7. The molecule has 1 N–H and O–H groups in total. The summed E-state index contributed by atoms with van der Waals surface area (Å²) < 4.78 is 5.68. The Kier molecular flexibility index (Phi) is 5.39. The standard InChI is InChI=1S/C20H23NO3/c1-12-9-13(2)19(14(3)10-12)21-20(23)16(5)24-18-8-6-7-17(11-18)15(4)22/h6-11,16H,1-5H3,(H,21,23). The van der Waals surface area contributed by atoms with Gasteiger partial charge in [-0.15, -0.1) is 0 Å². The van der Waals surface area contributed by atoms with E-state index in [0.29, 0.717) is 11.3 Å². The van der Waals surface area contributed by atoms with Crippen molar-refractivity contribution < 1.29 is 14.3 Å². The van der Waals surface area contributed by atoms with Gasteiger partial charge in [-0.3, -0.25) is 9.59 Å². The molecule has 2 aromatic carbocycles. The molecule has 0 heterocycles. The van der Waals surface area contributed by atoms with E-state index in [1.165, 1.54) is 6.92 Å². The minimum Gasteiger partial charge on any atom is -0.481 e. The maximum atomic E-state index is 12.4. The van der Waals surface area contributed by atoms with Crippen molar-refractivity contribution in [3.05, 3.63) is 58.7 Å². The van der Waals surface area contributed by atoms with Gasteiger partial charge in [-0.25, -0.2) is 0 Å². The highest BCUT2D eigenvalue weighted by Gasteiger charge is 2.17. The minimum atomic E-state index is -0.674. The Bertz CT molecular complexity index is 757. The fourth-order valence-corrected chi connectivity index (χ4v) is 2.65. The first-order valence-electron chi connectivity index (χ1n) is 7.94. The Morgan fingerprint density at radius 3 is 2.25 bits per heavy atom. The lowest BCUT2D eigenvalue weighted by Crippen LogP contribution is -2.30. The average Bonchev–Trinajstić information content (AvgIpc) is 2.50. The fraction of sp³-hybridized carbons (Fsp3) is 0.300. The molecule has 4 heteroatoms. The van der Waals surface area contributed by atoms with Crippen molar-refractivity contribution in [3.63, 3.8) is 0 Å². The molecular formula is C20H23NO3. The number of amides is 1. The number of Topliss-reactive ketones (excluding diaryl/α,β-unsaturated/α-hetero) is 1. The molecule has 1 amide bonds. The fourth-order valence-electron chi connectivity index (χ4n) is 2.65. The molecule has 0 bridgehead atoms. The SMILES string of the molecule is CC(=O)c1cccc(OC(C)C(=O)Nc2c(C)cc(C)cc2C)c1. The van der Waals surface area contributed by atoms with Gasteiger partial charge in [0.15, 0.2) is 11.9 Å². The summed E-state index contributed by atoms with van der Waals surface area (Å²) in [6, 6.07) is 10.9. The molecule has 0 saturated carbocycles. The Morgan fingerprint density at radius 1 is 1.04 bits per heavy atom. The molecule has 0 aromatic heterocycles. The number of rotatable bonds is 5. The van der Waals surface area contributed by atoms with Gasteiger partial charge in [0.25, 0.3) is 5.91 Å². The number of aryl methyl sites for hydroxylation is 3. The van der Waals surface area contributed by atoms with E-state index in [1.54, 1.807) is 31.2 Å². The highest BCUT2D eigenvalue weighted by molar-refractivity contribution is 5.96. The van der Waals surface area contributed by atoms with Crippen molar-refractivity contribution in [2.45, 2.75) is 40.7 Å². The monoisotopic (exact) mass is 325 g/mol. The van der Waals surface area contributed by atoms with Crippen molar-refractivity contribution >= 4 is 17.4 Å². The number of anilines is 1. The average molecular weight is 325 g/mol. The molecule has 0 fully saturated rings. The summed E-state index contributed by atoms with van der Waals surface area (Å²) in [5.41, 5.74) is 4.58. The molecule has 0 aliphatic heterocycles. The Morgan fingerprint density at radius 2 is 1.67 bits per heavy atom. The van der Waals surface area contributed by atoms with Gasteiger partial charge >= 0.3 is 0 Å². The van der Waals surface area contributed by atoms with Gasteiger partial charge in [0, 0.05) is 11.3 Å². The van der Waals surface area contributed by atoms with Crippen LogP contribution in [0.5, 0.6) is 5.75 Å². The van der Waals surface area contributed by atoms with Crippen LogP contribution in [0, 0.1) is 20.8 Å². The molecule has 1 atom stereocenters. The Balaban J connectivity index is 2.10. The summed E-state index contributed by atoms with van der Waals surface area (Å²) >= 11 is 0. The van der Waals surface area contributed by atoms with E-state index < -0.39 is 6.10 Å². The van der Waals surface area contributed by atoms with Crippen LogP contribution in [0.25, 0.3) is 0 Å². The normalized spacial score (nSPS) is 11.7. The maximum Gasteiger partial charge on any atom is 0.265 e. The van der Waals surface area contributed by atoms with Crippen LogP contribution in [-0.2, 0) is 4.79 Å². The second kappa shape index (κ2) is 7.30. The zero-order valence-electron chi connectivity index (χ0n) is 14.8. The summed E-state index contributed by atoms with van der Waals surface area (Å²) in [5.74, 6) is 0.240. The van der Waals surface area contributed by atoms with Gasteiger partial charge in [-0.1, -0.05) is 29.8 Å². The van der Waals surface area contributed by atoms with E-state index in [2.05, 4.69) is 5.32 Å². The number of hydrogen-bond donors (Lipinski definition) is 1. The number of ether oxygens (including phenoxy) is 1. The zero-order valence-corrected chi connectivity index (χ0v) is 14.8.